The number of hydrogen-bond donors (Lipinski definition) is 2. The molecule has 0 saturated heterocycles. The van der Waals surface area contributed by atoms with Crippen LogP contribution < -0.4 is 10.2 Å². The summed E-state index contributed by atoms with van der Waals surface area (Å²) in [7, 11) is 0. The first-order chi connectivity index (χ1) is 8.50. The Morgan fingerprint density at radius 1 is 1.22 bits per heavy atom. The van der Waals surface area contributed by atoms with Gasteiger partial charge in [0, 0.05) is 0 Å². The fourth-order valence-electron chi connectivity index (χ4n) is 1.37. The van der Waals surface area contributed by atoms with E-state index in [0.29, 0.717) is 5.75 Å². The van der Waals surface area contributed by atoms with Crippen LogP contribution in [0.25, 0.3) is 0 Å². The topological polar surface area (TPSA) is 84.9 Å². The lowest BCUT2D eigenvalue weighted by Crippen LogP contribution is -2.31. The minimum absolute atomic E-state index is 0.231. The Bertz CT molecular complexity index is 424. The minimum Gasteiger partial charge on any atom is -0.483 e. The lowest BCUT2D eigenvalue weighted by molar-refractivity contribution is -0.149. The molecular formula is C12H15NO5. The molecule has 6 nitrogen and oxygen atoms in total. The van der Waals surface area contributed by atoms with Crippen molar-refractivity contribution in [3.63, 3.8) is 0 Å². The lowest BCUT2D eigenvalue weighted by Gasteiger charge is -2.11. The number of rotatable bonds is 6. The fourth-order valence-corrected chi connectivity index (χ4v) is 1.37. The number of amides is 1. The van der Waals surface area contributed by atoms with Gasteiger partial charge < -0.3 is 9.84 Å². The van der Waals surface area contributed by atoms with Gasteiger partial charge in [0.1, 0.15) is 5.75 Å². The van der Waals surface area contributed by atoms with E-state index in [1.807, 2.05) is 37.5 Å². The highest BCUT2D eigenvalue weighted by Gasteiger charge is 2.07. The molecule has 0 spiro atoms. The summed E-state index contributed by atoms with van der Waals surface area (Å²) in [5.74, 6) is -1.06. The number of carbonyl (C=O) groups is 2. The molecule has 1 amide bonds. The maximum Gasteiger partial charge on any atom is 0.332 e. The van der Waals surface area contributed by atoms with Crippen LogP contribution in [-0.4, -0.2) is 30.2 Å². The third-order valence-corrected chi connectivity index (χ3v) is 2.14. The Balaban J connectivity index is 2.40. The van der Waals surface area contributed by atoms with Crippen LogP contribution in [0.5, 0.6) is 5.75 Å². The molecule has 1 aromatic carbocycles. The summed E-state index contributed by atoms with van der Waals surface area (Å²) in [5, 5.41) is 8.30. The summed E-state index contributed by atoms with van der Waals surface area (Å²) in [4.78, 5) is 25.8. The van der Waals surface area contributed by atoms with Crippen molar-refractivity contribution in [2.75, 3.05) is 13.2 Å². The first-order valence-electron chi connectivity index (χ1n) is 5.32. The summed E-state index contributed by atoms with van der Waals surface area (Å²) in [6, 6.07) is 5.65. The predicted octanol–water partition coefficient (Wildman–Crippen LogP) is 0.815. The van der Waals surface area contributed by atoms with E-state index in [1.165, 1.54) is 0 Å². The molecule has 0 saturated carbocycles. The van der Waals surface area contributed by atoms with E-state index in [0.717, 1.165) is 11.1 Å². The summed E-state index contributed by atoms with van der Waals surface area (Å²) in [5.41, 5.74) is 3.83. The van der Waals surface area contributed by atoms with Crippen LogP contribution >= 0.6 is 0 Å². The van der Waals surface area contributed by atoms with E-state index in [9.17, 15) is 9.59 Å². The first kappa shape index (κ1) is 14.0. The lowest BCUT2D eigenvalue weighted by atomic mass is 10.1. The molecule has 1 rings (SSSR count). The van der Waals surface area contributed by atoms with Crippen molar-refractivity contribution >= 4 is 11.9 Å². The van der Waals surface area contributed by atoms with Crippen molar-refractivity contribution in [3.8, 4) is 5.75 Å². The van der Waals surface area contributed by atoms with Gasteiger partial charge in [0.25, 0.3) is 5.91 Å². The Morgan fingerprint density at radius 3 is 2.39 bits per heavy atom. The molecule has 0 unspecified atom stereocenters. The number of carbonyl (C=O) groups excluding carboxylic acids is 1. The van der Waals surface area contributed by atoms with E-state index >= 15 is 0 Å². The van der Waals surface area contributed by atoms with Gasteiger partial charge in [-0.2, -0.15) is 0 Å². The SMILES string of the molecule is Cc1cccc(C)c1OCC(=O)NOCC(=O)O. The monoisotopic (exact) mass is 253 g/mol. The second-order valence-electron chi connectivity index (χ2n) is 3.72. The van der Waals surface area contributed by atoms with E-state index in [4.69, 9.17) is 9.84 Å². The summed E-state index contributed by atoms with van der Waals surface area (Å²) < 4.78 is 5.35. The van der Waals surface area contributed by atoms with Gasteiger partial charge in [-0.25, -0.2) is 10.3 Å². The molecule has 0 atom stereocenters. The van der Waals surface area contributed by atoms with Gasteiger partial charge in [-0.1, -0.05) is 18.2 Å². The van der Waals surface area contributed by atoms with Gasteiger partial charge in [0.05, 0.1) is 0 Å². The highest BCUT2D eigenvalue weighted by atomic mass is 16.7. The van der Waals surface area contributed by atoms with Crippen molar-refractivity contribution < 1.29 is 24.3 Å². The standard InChI is InChI=1S/C12H15NO5/c1-8-4-3-5-9(2)12(8)17-6-10(14)13-18-7-11(15)16/h3-5H,6-7H2,1-2H3,(H,13,14)(H,15,16). The summed E-state index contributed by atoms with van der Waals surface area (Å²) in [6.07, 6.45) is 0. The Hall–Kier alpha value is -2.08. The molecule has 0 heterocycles. The third-order valence-electron chi connectivity index (χ3n) is 2.14. The molecule has 6 heteroatoms. The molecule has 0 aromatic heterocycles. The van der Waals surface area contributed by atoms with Crippen LogP contribution in [0.1, 0.15) is 11.1 Å². The predicted molar refractivity (Wildman–Crippen MR) is 63.1 cm³/mol. The molecule has 0 aliphatic carbocycles. The molecule has 0 bridgehead atoms. The summed E-state index contributed by atoms with van der Waals surface area (Å²) in [6.45, 7) is 2.93. The van der Waals surface area contributed by atoms with Crippen LogP contribution in [0, 0.1) is 13.8 Å². The van der Waals surface area contributed by atoms with Crippen LogP contribution in [0.2, 0.25) is 0 Å². The average Bonchev–Trinajstić information content (AvgIpc) is 2.27. The number of carboxylic acid groups (broad SMARTS) is 1. The van der Waals surface area contributed by atoms with Crippen LogP contribution in [0.3, 0.4) is 0 Å². The Morgan fingerprint density at radius 2 is 1.83 bits per heavy atom. The zero-order valence-electron chi connectivity index (χ0n) is 10.2. The van der Waals surface area contributed by atoms with Crippen LogP contribution in [-0.2, 0) is 14.4 Å². The van der Waals surface area contributed by atoms with Crippen LogP contribution in [0.4, 0.5) is 0 Å². The number of ether oxygens (including phenoxy) is 1. The highest BCUT2D eigenvalue weighted by Crippen LogP contribution is 2.21. The molecule has 0 aliphatic rings. The number of hydroxylamine groups is 1. The van der Waals surface area contributed by atoms with Crippen molar-refractivity contribution in [2.45, 2.75) is 13.8 Å². The van der Waals surface area contributed by atoms with Gasteiger partial charge in [-0.3, -0.25) is 9.63 Å². The van der Waals surface area contributed by atoms with Crippen molar-refractivity contribution in [3.05, 3.63) is 29.3 Å². The molecule has 0 fully saturated rings. The number of benzene rings is 1. The molecule has 0 aliphatic heterocycles. The Kier molecular flexibility index (Phi) is 5.13. The normalized spacial score (nSPS) is 9.89. The highest BCUT2D eigenvalue weighted by molar-refractivity contribution is 5.77. The fraction of sp³-hybridized carbons (Fsp3) is 0.333. The molecule has 18 heavy (non-hydrogen) atoms. The van der Waals surface area contributed by atoms with E-state index in [-0.39, 0.29) is 6.61 Å². The average molecular weight is 253 g/mol. The molecule has 2 N–H and O–H groups in total. The van der Waals surface area contributed by atoms with Crippen LogP contribution in [0.15, 0.2) is 18.2 Å². The molecule has 98 valence electrons. The smallest absolute Gasteiger partial charge is 0.332 e. The third kappa shape index (κ3) is 4.42. The number of aryl methyl sites for hydroxylation is 2. The van der Waals surface area contributed by atoms with Gasteiger partial charge in [-0.05, 0) is 25.0 Å². The molecular weight excluding hydrogens is 238 g/mol. The first-order valence-corrected chi connectivity index (χ1v) is 5.32. The maximum atomic E-state index is 11.3. The second kappa shape index (κ2) is 6.61. The zero-order valence-corrected chi connectivity index (χ0v) is 10.2. The number of aliphatic carboxylic acids is 1. The van der Waals surface area contributed by atoms with E-state index in [2.05, 4.69) is 4.84 Å². The molecule has 1 aromatic rings. The van der Waals surface area contributed by atoms with Gasteiger partial charge in [0.15, 0.2) is 13.2 Å². The largest absolute Gasteiger partial charge is 0.483 e. The summed E-state index contributed by atoms with van der Waals surface area (Å²) >= 11 is 0. The number of carboxylic acids is 1. The van der Waals surface area contributed by atoms with Crippen molar-refractivity contribution in [2.24, 2.45) is 0 Å². The van der Waals surface area contributed by atoms with Gasteiger partial charge in [0.2, 0.25) is 0 Å². The van der Waals surface area contributed by atoms with E-state index < -0.39 is 18.5 Å². The van der Waals surface area contributed by atoms with Gasteiger partial charge >= 0.3 is 5.97 Å². The molecule has 0 radical (unpaired) electrons. The number of hydrogen-bond acceptors (Lipinski definition) is 4. The maximum absolute atomic E-state index is 11.3. The number of nitrogens with one attached hydrogen (secondary N) is 1. The van der Waals surface area contributed by atoms with Crippen molar-refractivity contribution in [1.29, 1.82) is 0 Å². The van der Waals surface area contributed by atoms with Crippen molar-refractivity contribution in [1.82, 2.24) is 5.48 Å². The zero-order chi connectivity index (χ0) is 13.5. The quantitative estimate of drug-likeness (QED) is 0.733. The number of para-hydroxylation sites is 1. The van der Waals surface area contributed by atoms with Gasteiger partial charge in [-0.15, -0.1) is 0 Å². The minimum atomic E-state index is -1.16. The van der Waals surface area contributed by atoms with E-state index in [1.54, 1.807) is 0 Å². The second-order valence-corrected chi connectivity index (χ2v) is 3.72. The Labute approximate surface area is 104 Å².